The van der Waals surface area contributed by atoms with Gasteiger partial charge in [-0.25, -0.2) is 0 Å². The van der Waals surface area contributed by atoms with Crippen molar-refractivity contribution < 1.29 is 0 Å². The molecule has 0 N–H and O–H groups in total. The SMILES string of the molecule is Cc1nccc2c(C)nncc12. The average molecular weight is 159 g/mol. The first-order valence-electron chi connectivity index (χ1n) is 3.82. The van der Waals surface area contributed by atoms with Gasteiger partial charge in [-0.2, -0.15) is 10.2 Å². The van der Waals surface area contributed by atoms with E-state index in [1.807, 2.05) is 19.9 Å². The van der Waals surface area contributed by atoms with Crippen molar-refractivity contribution in [3.8, 4) is 0 Å². The molecule has 60 valence electrons. The van der Waals surface area contributed by atoms with Crippen molar-refractivity contribution in [1.29, 1.82) is 0 Å². The van der Waals surface area contributed by atoms with Crippen molar-refractivity contribution >= 4 is 10.8 Å². The molecular weight excluding hydrogens is 150 g/mol. The molecule has 2 rings (SSSR count). The molecule has 0 unspecified atom stereocenters. The Labute approximate surface area is 70.5 Å². The summed E-state index contributed by atoms with van der Waals surface area (Å²) in [5, 5.41) is 10.1. The van der Waals surface area contributed by atoms with E-state index in [0.717, 1.165) is 22.2 Å². The fourth-order valence-electron chi connectivity index (χ4n) is 1.28. The molecule has 2 aromatic heterocycles. The molecule has 0 aliphatic rings. The molecule has 0 aliphatic carbocycles. The van der Waals surface area contributed by atoms with Gasteiger partial charge in [-0.15, -0.1) is 0 Å². The molecule has 2 heterocycles. The Kier molecular flexibility index (Phi) is 1.50. The molecule has 2 aromatic rings. The van der Waals surface area contributed by atoms with Crippen LogP contribution < -0.4 is 0 Å². The predicted molar refractivity (Wildman–Crippen MR) is 46.8 cm³/mol. The fourth-order valence-corrected chi connectivity index (χ4v) is 1.28. The summed E-state index contributed by atoms with van der Waals surface area (Å²) in [6.07, 6.45) is 3.55. The fraction of sp³-hybridized carbons (Fsp3) is 0.222. The van der Waals surface area contributed by atoms with Gasteiger partial charge in [0, 0.05) is 22.7 Å². The summed E-state index contributed by atoms with van der Waals surface area (Å²) in [6.45, 7) is 3.93. The van der Waals surface area contributed by atoms with Crippen LogP contribution in [0.3, 0.4) is 0 Å². The van der Waals surface area contributed by atoms with E-state index in [2.05, 4.69) is 15.2 Å². The van der Waals surface area contributed by atoms with Crippen molar-refractivity contribution in [2.45, 2.75) is 13.8 Å². The second-order valence-electron chi connectivity index (χ2n) is 2.79. The zero-order valence-electron chi connectivity index (χ0n) is 7.07. The Morgan fingerprint density at radius 1 is 1.08 bits per heavy atom. The summed E-state index contributed by atoms with van der Waals surface area (Å²) in [4.78, 5) is 4.18. The molecule has 0 bridgehead atoms. The molecule has 0 aliphatic heterocycles. The highest BCUT2D eigenvalue weighted by atomic mass is 15.1. The third-order valence-corrected chi connectivity index (χ3v) is 1.97. The summed E-state index contributed by atoms with van der Waals surface area (Å²) < 4.78 is 0. The molecule has 0 saturated carbocycles. The van der Waals surface area contributed by atoms with Crippen LogP contribution >= 0.6 is 0 Å². The minimum atomic E-state index is 0.956. The summed E-state index contributed by atoms with van der Waals surface area (Å²) in [5.74, 6) is 0. The van der Waals surface area contributed by atoms with Gasteiger partial charge < -0.3 is 0 Å². The van der Waals surface area contributed by atoms with Gasteiger partial charge in [0.25, 0.3) is 0 Å². The van der Waals surface area contributed by atoms with Crippen LogP contribution in [0, 0.1) is 13.8 Å². The molecule has 0 amide bonds. The number of pyridine rings is 1. The van der Waals surface area contributed by atoms with Crippen LogP contribution in [0.15, 0.2) is 18.5 Å². The number of hydrogen-bond donors (Lipinski definition) is 0. The number of nitrogens with zero attached hydrogens (tertiary/aromatic N) is 3. The molecule has 3 nitrogen and oxygen atoms in total. The van der Waals surface area contributed by atoms with Crippen LogP contribution in [0.1, 0.15) is 11.4 Å². The lowest BCUT2D eigenvalue weighted by Gasteiger charge is -2.00. The third kappa shape index (κ3) is 0.942. The largest absolute Gasteiger partial charge is 0.261 e. The molecule has 0 atom stereocenters. The third-order valence-electron chi connectivity index (χ3n) is 1.97. The molecular formula is C9H9N3. The predicted octanol–water partition coefficient (Wildman–Crippen LogP) is 1.64. The Morgan fingerprint density at radius 2 is 1.92 bits per heavy atom. The highest BCUT2D eigenvalue weighted by Crippen LogP contribution is 2.15. The van der Waals surface area contributed by atoms with E-state index in [1.54, 1.807) is 12.4 Å². The maximum atomic E-state index is 4.18. The van der Waals surface area contributed by atoms with Crippen LogP contribution in [0.4, 0.5) is 0 Å². The average Bonchev–Trinajstić information content (AvgIpc) is 2.07. The summed E-state index contributed by atoms with van der Waals surface area (Å²) in [5.41, 5.74) is 1.96. The molecule has 12 heavy (non-hydrogen) atoms. The van der Waals surface area contributed by atoms with Gasteiger partial charge in [0.05, 0.1) is 11.9 Å². The van der Waals surface area contributed by atoms with Gasteiger partial charge in [0.2, 0.25) is 0 Å². The maximum Gasteiger partial charge on any atom is 0.0679 e. The first-order valence-corrected chi connectivity index (χ1v) is 3.82. The second-order valence-corrected chi connectivity index (χ2v) is 2.79. The maximum absolute atomic E-state index is 4.18. The number of fused-ring (bicyclic) bond motifs is 1. The highest BCUT2D eigenvalue weighted by molar-refractivity contribution is 5.84. The van der Waals surface area contributed by atoms with Crippen molar-refractivity contribution in [3.63, 3.8) is 0 Å². The van der Waals surface area contributed by atoms with Gasteiger partial charge in [0.15, 0.2) is 0 Å². The second kappa shape index (κ2) is 2.52. The number of hydrogen-bond acceptors (Lipinski definition) is 3. The highest BCUT2D eigenvalue weighted by Gasteiger charge is 2.00. The van der Waals surface area contributed by atoms with Gasteiger partial charge in [-0.1, -0.05) is 0 Å². The van der Waals surface area contributed by atoms with Crippen LogP contribution in [-0.2, 0) is 0 Å². The van der Waals surface area contributed by atoms with Gasteiger partial charge >= 0.3 is 0 Å². The van der Waals surface area contributed by atoms with E-state index < -0.39 is 0 Å². The van der Waals surface area contributed by atoms with Crippen LogP contribution in [-0.4, -0.2) is 15.2 Å². The van der Waals surface area contributed by atoms with Crippen LogP contribution in [0.5, 0.6) is 0 Å². The zero-order valence-corrected chi connectivity index (χ0v) is 7.07. The Bertz CT molecular complexity index is 382. The van der Waals surface area contributed by atoms with E-state index >= 15 is 0 Å². The molecule has 3 heteroatoms. The molecule has 0 aromatic carbocycles. The lowest BCUT2D eigenvalue weighted by molar-refractivity contribution is 0.997. The van der Waals surface area contributed by atoms with E-state index in [9.17, 15) is 0 Å². The minimum Gasteiger partial charge on any atom is -0.261 e. The van der Waals surface area contributed by atoms with Crippen molar-refractivity contribution in [3.05, 3.63) is 29.8 Å². The first kappa shape index (κ1) is 7.16. The number of rotatable bonds is 0. The van der Waals surface area contributed by atoms with Crippen LogP contribution in [0.25, 0.3) is 10.8 Å². The lowest BCUT2D eigenvalue weighted by atomic mass is 10.1. The van der Waals surface area contributed by atoms with E-state index in [0.29, 0.717) is 0 Å². The van der Waals surface area contributed by atoms with E-state index in [4.69, 9.17) is 0 Å². The standard InChI is InChI=1S/C9H9N3/c1-6-9-5-11-12-7(2)8(9)3-4-10-6/h3-5H,1-2H3. The number of aromatic nitrogens is 3. The quantitative estimate of drug-likeness (QED) is 0.586. The monoisotopic (exact) mass is 159 g/mol. The minimum absolute atomic E-state index is 0.956. The Hall–Kier alpha value is -1.51. The van der Waals surface area contributed by atoms with Gasteiger partial charge in [-0.05, 0) is 19.9 Å². The topological polar surface area (TPSA) is 38.7 Å². The normalized spacial score (nSPS) is 10.5. The molecule has 0 spiro atoms. The lowest BCUT2D eigenvalue weighted by Crippen LogP contribution is -1.90. The number of aryl methyl sites for hydroxylation is 2. The van der Waals surface area contributed by atoms with Crippen molar-refractivity contribution in [2.75, 3.05) is 0 Å². The van der Waals surface area contributed by atoms with Crippen molar-refractivity contribution in [2.24, 2.45) is 0 Å². The Morgan fingerprint density at radius 3 is 2.67 bits per heavy atom. The zero-order chi connectivity index (χ0) is 8.55. The van der Waals surface area contributed by atoms with Crippen molar-refractivity contribution in [1.82, 2.24) is 15.2 Å². The van der Waals surface area contributed by atoms with Crippen LogP contribution in [0.2, 0.25) is 0 Å². The van der Waals surface area contributed by atoms with Gasteiger partial charge in [-0.3, -0.25) is 4.98 Å². The molecule has 0 saturated heterocycles. The summed E-state index contributed by atoms with van der Waals surface area (Å²) in [6, 6.07) is 1.96. The molecule has 0 radical (unpaired) electrons. The smallest absolute Gasteiger partial charge is 0.0679 e. The summed E-state index contributed by atoms with van der Waals surface area (Å²) >= 11 is 0. The van der Waals surface area contributed by atoms with Gasteiger partial charge in [0.1, 0.15) is 0 Å². The van der Waals surface area contributed by atoms with E-state index in [1.165, 1.54) is 0 Å². The Balaban J connectivity index is 2.94. The summed E-state index contributed by atoms with van der Waals surface area (Å²) in [7, 11) is 0. The van der Waals surface area contributed by atoms with E-state index in [-0.39, 0.29) is 0 Å². The molecule has 0 fully saturated rings. The first-order chi connectivity index (χ1) is 5.79.